The molecular weight excluding hydrogens is 438 g/mol. The average Bonchev–Trinajstić information content (AvgIpc) is 3.16. The van der Waals surface area contributed by atoms with Gasteiger partial charge in [0.15, 0.2) is 0 Å². The van der Waals surface area contributed by atoms with Crippen LogP contribution in [-0.2, 0) is 0 Å². The SMILES string of the molecule is CC(C)(C)C1=CC(CP(C(C)(C)C)C(C)(C)C)=C(C(P)(C2CCCCN2)C2CCCCN2)C1. The molecule has 2 fully saturated rings. The third-order valence-electron chi connectivity index (χ3n) is 8.31. The molecule has 2 saturated heterocycles. The van der Waals surface area contributed by atoms with Crippen LogP contribution in [0.4, 0.5) is 0 Å². The van der Waals surface area contributed by atoms with Gasteiger partial charge < -0.3 is 10.6 Å². The van der Waals surface area contributed by atoms with Crippen LogP contribution in [-0.4, -0.2) is 46.8 Å². The summed E-state index contributed by atoms with van der Waals surface area (Å²) in [4.78, 5) is 0. The molecule has 190 valence electrons. The molecule has 1 aliphatic carbocycles. The van der Waals surface area contributed by atoms with Gasteiger partial charge in [0.05, 0.1) is 0 Å². The lowest BCUT2D eigenvalue weighted by Crippen LogP contribution is -2.61. The maximum Gasteiger partial charge on any atom is 0.0370 e. The molecule has 0 aromatic rings. The zero-order valence-corrected chi connectivity index (χ0v) is 25.4. The first kappa shape index (κ1) is 27.8. The van der Waals surface area contributed by atoms with Gasteiger partial charge in [-0.05, 0) is 78.2 Å². The Kier molecular flexibility index (Phi) is 8.71. The Morgan fingerprint density at radius 2 is 1.30 bits per heavy atom. The summed E-state index contributed by atoms with van der Waals surface area (Å²) in [7, 11) is 3.32. The van der Waals surface area contributed by atoms with Crippen molar-refractivity contribution in [3.05, 3.63) is 22.8 Å². The average molecular weight is 493 g/mol. The van der Waals surface area contributed by atoms with Crippen molar-refractivity contribution in [3.8, 4) is 0 Å². The molecule has 3 unspecified atom stereocenters. The number of allylic oxidation sites excluding steroid dienone is 3. The summed E-state index contributed by atoms with van der Waals surface area (Å²) < 4.78 is 0. The van der Waals surface area contributed by atoms with Crippen LogP contribution >= 0.6 is 17.2 Å². The van der Waals surface area contributed by atoms with E-state index in [2.05, 4.69) is 88.3 Å². The molecule has 0 bridgehead atoms. The quantitative estimate of drug-likeness (QED) is 0.385. The molecule has 33 heavy (non-hydrogen) atoms. The van der Waals surface area contributed by atoms with E-state index in [0.29, 0.717) is 22.4 Å². The normalized spacial score (nSPS) is 27.7. The van der Waals surface area contributed by atoms with E-state index in [1.807, 2.05) is 0 Å². The molecule has 0 saturated carbocycles. The highest BCUT2D eigenvalue weighted by molar-refractivity contribution is 7.61. The van der Waals surface area contributed by atoms with Crippen molar-refractivity contribution < 1.29 is 0 Å². The summed E-state index contributed by atoms with van der Waals surface area (Å²) in [6, 6.07) is 1.11. The molecule has 2 N–H and O–H groups in total. The van der Waals surface area contributed by atoms with E-state index in [0.717, 1.165) is 6.42 Å². The van der Waals surface area contributed by atoms with Crippen molar-refractivity contribution in [1.82, 2.24) is 10.6 Å². The first-order valence-electron chi connectivity index (χ1n) is 13.6. The van der Waals surface area contributed by atoms with Crippen LogP contribution in [0.1, 0.15) is 107 Å². The van der Waals surface area contributed by atoms with Gasteiger partial charge in [-0.3, -0.25) is 0 Å². The predicted octanol–water partition coefficient (Wildman–Crippen LogP) is 7.64. The minimum Gasteiger partial charge on any atom is -0.313 e. The topological polar surface area (TPSA) is 24.1 Å². The van der Waals surface area contributed by atoms with E-state index in [4.69, 9.17) is 0 Å². The monoisotopic (exact) mass is 492 g/mol. The minimum absolute atomic E-state index is 0.108. The van der Waals surface area contributed by atoms with Gasteiger partial charge in [-0.2, -0.15) is 0 Å². The molecule has 3 atom stereocenters. The largest absolute Gasteiger partial charge is 0.313 e. The van der Waals surface area contributed by atoms with E-state index >= 15 is 0 Å². The van der Waals surface area contributed by atoms with Gasteiger partial charge >= 0.3 is 0 Å². The van der Waals surface area contributed by atoms with Crippen LogP contribution in [0.15, 0.2) is 22.8 Å². The molecule has 0 aromatic carbocycles. The van der Waals surface area contributed by atoms with Crippen LogP contribution in [0.5, 0.6) is 0 Å². The third kappa shape index (κ3) is 6.34. The molecule has 2 aliphatic heterocycles. The third-order valence-corrected chi connectivity index (χ3v) is 13.4. The van der Waals surface area contributed by atoms with Gasteiger partial charge in [0, 0.05) is 17.2 Å². The number of rotatable bonds is 5. The van der Waals surface area contributed by atoms with E-state index in [9.17, 15) is 0 Å². The van der Waals surface area contributed by atoms with E-state index in [-0.39, 0.29) is 18.5 Å². The zero-order chi connectivity index (χ0) is 24.7. The highest BCUT2D eigenvalue weighted by atomic mass is 31.1. The van der Waals surface area contributed by atoms with Gasteiger partial charge in [-0.1, -0.05) is 94.7 Å². The summed E-state index contributed by atoms with van der Waals surface area (Å²) in [6.07, 6.45) is 13.1. The van der Waals surface area contributed by atoms with Crippen molar-refractivity contribution in [2.75, 3.05) is 19.3 Å². The van der Waals surface area contributed by atoms with Gasteiger partial charge in [0.2, 0.25) is 0 Å². The maximum absolute atomic E-state index is 4.01. The van der Waals surface area contributed by atoms with E-state index < -0.39 is 0 Å². The van der Waals surface area contributed by atoms with Crippen LogP contribution in [0, 0.1) is 5.41 Å². The Balaban J connectivity index is 2.11. The lowest BCUT2D eigenvalue weighted by Gasteiger charge is -2.50. The zero-order valence-electron chi connectivity index (χ0n) is 23.3. The van der Waals surface area contributed by atoms with Gasteiger partial charge in [-0.25, -0.2) is 0 Å². The summed E-state index contributed by atoms with van der Waals surface area (Å²) >= 11 is 0. The molecule has 0 aromatic heterocycles. The highest BCUT2D eigenvalue weighted by Gasteiger charge is 2.48. The van der Waals surface area contributed by atoms with Gasteiger partial charge in [0.1, 0.15) is 0 Å². The first-order chi connectivity index (χ1) is 15.1. The maximum atomic E-state index is 4.01. The Labute approximate surface area is 209 Å². The van der Waals surface area contributed by atoms with Gasteiger partial charge in [0.25, 0.3) is 0 Å². The standard InChI is InChI=1S/C29H54N2P2/c1-26(2,3)22-18-21(20-33(27(4,5)6)28(7,8)9)23(19-22)29(32,24-14-10-12-16-30-24)25-15-11-13-17-31-25/h18,24-25,30-31H,10-17,19-20,32H2,1-9H3. The minimum atomic E-state index is -0.170. The first-order valence-corrected chi connectivity index (χ1v) is 15.7. The van der Waals surface area contributed by atoms with Crippen molar-refractivity contribution in [1.29, 1.82) is 0 Å². The molecule has 3 rings (SSSR count). The van der Waals surface area contributed by atoms with Crippen LogP contribution in [0.25, 0.3) is 0 Å². The van der Waals surface area contributed by atoms with E-state index in [1.165, 1.54) is 57.8 Å². The fourth-order valence-electron chi connectivity index (χ4n) is 6.54. The van der Waals surface area contributed by atoms with Crippen molar-refractivity contribution in [2.45, 2.75) is 135 Å². The molecule has 2 heterocycles. The van der Waals surface area contributed by atoms with Crippen molar-refractivity contribution >= 4 is 17.2 Å². The Bertz CT molecular complexity index is 701. The van der Waals surface area contributed by atoms with Gasteiger partial charge in [-0.15, -0.1) is 9.24 Å². The highest BCUT2D eigenvalue weighted by Crippen LogP contribution is 2.62. The lowest BCUT2D eigenvalue weighted by molar-refractivity contribution is 0.258. The fraction of sp³-hybridized carbons (Fsp3) is 0.862. The Hall–Kier alpha value is 0.260. The summed E-state index contributed by atoms with van der Waals surface area (Å²) in [5.41, 5.74) is 5.30. The summed E-state index contributed by atoms with van der Waals surface area (Å²) in [6.45, 7) is 24.5. The lowest BCUT2D eigenvalue weighted by atomic mass is 9.74. The predicted molar refractivity (Wildman–Crippen MR) is 154 cm³/mol. The smallest absolute Gasteiger partial charge is 0.0370 e. The Morgan fingerprint density at radius 3 is 1.67 bits per heavy atom. The van der Waals surface area contributed by atoms with Crippen molar-refractivity contribution in [3.63, 3.8) is 0 Å². The molecule has 4 heteroatoms. The molecular formula is C29H54N2P2. The molecule has 0 radical (unpaired) electrons. The van der Waals surface area contributed by atoms with Crippen LogP contribution in [0.2, 0.25) is 0 Å². The summed E-state index contributed by atoms with van der Waals surface area (Å²) in [5.74, 6) is 0. The number of hydrogen-bond donors (Lipinski definition) is 2. The molecule has 2 nitrogen and oxygen atoms in total. The van der Waals surface area contributed by atoms with E-state index in [1.54, 1.807) is 16.7 Å². The second-order valence-electron chi connectivity index (χ2n) is 14.0. The number of piperidine rings is 2. The molecule has 0 spiro atoms. The summed E-state index contributed by atoms with van der Waals surface area (Å²) in [5, 5.41) is 8.82. The second-order valence-corrected chi connectivity index (χ2v) is 18.8. The van der Waals surface area contributed by atoms with Crippen LogP contribution < -0.4 is 10.6 Å². The fourth-order valence-corrected chi connectivity index (χ4v) is 11.0. The number of hydrogen-bond acceptors (Lipinski definition) is 2. The molecule has 0 amide bonds. The van der Waals surface area contributed by atoms with Crippen molar-refractivity contribution in [2.24, 2.45) is 5.41 Å². The molecule has 3 aliphatic rings. The Morgan fingerprint density at radius 1 is 0.818 bits per heavy atom. The van der Waals surface area contributed by atoms with Crippen LogP contribution in [0.3, 0.4) is 0 Å². The second kappa shape index (κ2) is 10.3. The number of nitrogens with one attached hydrogen (secondary N) is 2.